The van der Waals surface area contributed by atoms with Crippen molar-refractivity contribution >= 4 is 40.8 Å². The Labute approximate surface area is 209 Å². The minimum Gasteiger partial charge on any atom is -0.494 e. The van der Waals surface area contributed by atoms with Gasteiger partial charge in [-0.2, -0.15) is 0 Å². The summed E-state index contributed by atoms with van der Waals surface area (Å²) in [7, 11) is 0. The van der Waals surface area contributed by atoms with Crippen LogP contribution in [0.3, 0.4) is 0 Å². The summed E-state index contributed by atoms with van der Waals surface area (Å²) in [5.74, 6) is -0.642. The SMILES string of the molecule is O=C(CCc1ccc(OCCCCCc2ccccc2)cc1)Nc1cc(Cl)c(Cl)c(C(=O)O)c1. The van der Waals surface area contributed by atoms with E-state index in [0.717, 1.165) is 37.0 Å². The highest BCUT2D eigenvalue weighted by Crippen LogP contribution is 2.30. The summed E-state index contributed by atoms with van der Waals surface area (Å²) in [5.41, 5.74) is 2.51. The van der Waals surface area contributed by atoms with Crippen molar-refractivity contribution in [3.05, 3.63) is 93.5 Å². The van der Waals surface area contributed by atoms with E-state index in [-0.39, 0.29) is 27.9 Å². The molecule has 1 amide bonds. The van der Waals surface area contributed by atoms with Crippen LogP contribution in [0.1, 0.15) is 47.2 Å². The second-order valence-electron chi connectivity index (χ2n) is 7.96. The number of carboxylic acid groups (broad SMARTS) is 1. The van der Waals surface area contributed by atoms with Crippen molar-refractivity contribution in [1.29, 1.82) is 0 Å². The topological polar surface area (TPSA) is 75.6 Å². The van der Waals surface area contributed by atoms with Crippen LogP contribution >= 0.6 is 23.2 Å². The number of hydrogen-bond acceptors (Lipinski definition) is 3. The predicted molar refractivity (Wildman–Crippen MR) is 136 cm³/mol. The molecule has 2 N–H and O–H groups in total. The molecule has 0 fully saturated rings. The zero-order valence-corrected chi connectivity index (χ0v) is 20.2. The summed E-state index contributed by atoms with van der Waals surface area (Å²) in [6, 6.07) is 20.9. The standard InChI is InChI=1S/C27H27Cl2NO4/c28-24-18-21(17-23(26(24)29)27(32)33)30-25(31)15-12-20-10-13-22(14-11-20)34-16-6-2-5-9-19-7-3-1-4-8-19/h1,3-4,7-8,10-11,13-14,17-18H,2,5-6,9,12,15-16H2,(H,30,31)(H,32,33). The second kappa shape index (κ2) is 13.0. The smallest absolute Gasteiger partial charge is 0.337 e. The van der Waals surface area contributed by atoms with E-state index in [4.69, 9.17) is 27.9 Å². The number of carboxylic acids is 1. The van der Waals surface area contributed by atoms with Gasteiger partial charge in [0, 0.05) is 12.1 Å². The van der Waals surface area contributed by atoms with Gasteiger partial charge in [-0.3, -0.25) is 4.79 Å². The number of rotatable bonds is 12. The largest absolute Gasteiger partial charge is 0.494 e. The van der Waals surface area contributed by atoms with E-state index in [1.54, 1.807) is 0 Å². The monoisotopic (exact) mass is 499 g/mol. The minimum atomic E-state index is -1.21. The van der Waals surface area contributed by atoms with Crippen molar-refractivity contribution in [1.82, 2.24) is 0 Å². The normalized spacial score (nSPS) is 10.6. The van der Waals surface area contributed by atoms with E-state index in [9.17, 15) is 14.7 Å². The number of nitrogens with one attached hydrogen (secondary N) is 1. The fraction of sp³-hybridized carbons (Fsp3) is 0.259. The molecule has 0 bridgehead atoms. The third kappa shape index (κ3) is 8.08. The molecular weight excluding hydrogens is 473 g/mol. The van der Waals surface area contributed by atoms with Crippen LogP contribution in [-0.4, -0.2) is 23.6 Å². The van der Waals surface area contributed by atoms with E-state index < -0.39 is 5.97 Å². The van der Waals surface area contributed by atoms with E-state index in [2.05, 4.69) is 29.6 Å². The van der Waals surface area contributed by atoms with Gasteiger partial charge in [-0.25, -0.2) is 4.79 Å². The number of benzene rings is 3. The predicted octanol–water partition coefficient (Wildman–Crippen LogP) is 7.05. The van der Waals surface area contributed by atoms with Crippen LogP contribution in [-0.2, 0) is 17.6 Å². The zero-order chi connectivity index (χ0) is 24.3. The Hall–Kier alpha value is -3.02. The molecular formula is C27H27Cl2NO4. The lowest BCUT2D eigenvalue weighted by atomic mass is 10.1. The number of carbonyl (C=O) groups is 2. The number of carbonyl (C=O) groups excluding carboxylic acids is 1. The molecule has 3 aromatic rings. The average molecular weight is 500 g/mol. The number of amides is 1. The quantitative estimate of drug-likeness (QED) is 0.261. The Balaban J connectivity index is 1.36. The molecule has 0 atom stereocenters. The van der Waals surface area contributed by atoms with Crippen LogP contribution in [0.15, 0.2) is 66.7 Å². The van der Waals surface area contributed by atoms with Crippen LogP contribution < -0.4 is 10.1 Å². The minimum absolute atomic E-state index is 0.0540. The Morgan fingerprint density at radius 3 is 2.26 bits per heavy atom. The van der Waals surface area contributed by atoms with Gasteiger partial charge in [0.2, 0.25) is 5.91 Å². The van der Waals surface area contributed by atoms with Crippen LogP contribution in [0.2, 0.25) is 10.0 Å². The van der Waals surface area contributed by atoms with Gasteiger partial charge in [0.05, 0.1) is 22.2 Å². The summed E-state index contributed by atoms with van der Waals surface area (Å²) in [5, 5.41) is 11.9. The van der Waals surface area contributed by atoms with Gasteiger partial charge >= 0.3 is 5.97 Å². The Morgan fingerprint density at radius 2 is 1.56 bits per heavy atom. The second-order valence-corrected chi connectivity index (χ2v) is 8.75. The molecule has 5 nitrogen and oxygen atoms in total. The van der Waals surface area contributed by atoms with Crippen LogP contribution in [0.5, 0.6) is 5.75 Å². The number of unbranched alkanes of at least 4 members (excludes halogenated alkanes) is 2. The summed E-state index contributed by atoms with van der Waals surface area (Å²) in [4.78, 5) is 23.5. The molecule has 0 heterocycles. The molecule has 0 aliphatic rings. The van der Waals surface area contributed by atoms with Crippen LogP contribution in [0, 0.1) is 0 Å². The average Bonchev–Trinajstić information content (AvgIpc) is 2.83. The first kappa shape index (κ1) is 25.6. The lowest BCUT2D eigenvalue weighted by molar-refractivity contribution is -0.116. The van der Waals surface area contributed by atoms with Gasteiger partial charge in [-0.15, -0.1) is 0 Å². The van der Waals surface area contributed by atoms with Gasteiger partial charge in [0.15, 0.2) is 0 Å². The highest BCUT2D eigenvalue weighted by atomic mass is 35.5. The molecule has 178 valence electrons. The molecule has 0 saturated heterocycles. The number of halogens is 2. The van der Waals surface area contributed by atoms with E-state index in [1.807, 2.05) is 30.3 Å². The molecule has 0 saturated carbocycles. The third-order valence-electron chi connectivity index (χ3n) is 5.33. The molecule has 0 aliphatic heterocycles. The highest BCUT2D eigenvalue weighted by molar-refractivity contribution is 6.44. The highest BCUT2D eigenvalue weighted by Gasteiger charge is 2.15. The van der Waals surface area contributed by atoms with Gasteiger partial charge in [-0.1, -0.05) is 65.7 Å². The maximum atomic E-state index is 12.3. The fourth-order valence-electron chi connectivity index (χ4n) is 3.49. The number of hydrogen-bond donors (Lipinski definition) is 2. The van der Waals surface area contributed by atoms with Crippen molar-refractivity contribution < 1.29 is 19.4 Å². The Morgan fingerprint density at radius 1 is 0.853 bits per heavy atom. The number of ether oxygens (including phenoxy) is 1. The van der Waals surface area contributed by atoms with Gasteiger partial charge < -0.3 is 15.2 Å². The molecule has 3 aromatic carbocycles. The first-order valence-electron chi connectivity index (χ1n) is 11.2. The first-order valence-corrected chi connectivity index (χ1v) is 12.0. The van der Waals surface area contributed by atoms with Gasteiger partial charge in [-0.05, 0) is 67.5 Å². The molecule has 3 rings (SSSR count). The maximum absolute atomic E-state index is 12.3. The van der Waals surface area contributed by atoms with Gasteiger partial charge in [0.1, 0.15) is 5.75 Å². The molecule has 0 unspecified atom stereocenters. The number of anilines is 1. The summed E-state index contributed by atoms with van der Waals surface area (Å²) in [6.07, 6.45) is 5.15. The van der Waals surface area contributed by atoms with Crippen molar-refractivity contribution in [2.75, 3.05) is 11.9 Å². The van der Waals surface area contributed by atoms with Crippen LogP contribution in [0.25, 0.3) is 0 Å². The van der Waals surface area contributed by atoms with Crippen molar-refractivity contribution in [3.63, 3.8) is 0 Å². The summed E-state index contributed by atoms with van der Waals surface area (Å²) >= 11 is 11.9. The zero-order valence-electron chi connectivity index (χ0n) is 18.7. The molecule has 0 aromatic heterocycles. The van der Waals surface area contributed by atoms with E-state index in [1.165, 1.54) is 17.7 Å². The van der Waals surface area contributed by atoms with E-state index >= 15 is 0 Å². The number of aryl methyl sites for hydroxylation is 2. The summed E-state index contributed by atoms with van der Waals surface area (Å²) in [6.45, 7) is 0.679. The fourth-order valence-corrected chi connectivity index (χ4v) is 3.90. The molecule has 0 aliphatic carbocycles. The Kier molecular flexibility index (Phi) is 9.80. The van der Waals surface area contributed by atoms with Crippen molar-refractivity contribution in [2.24, 2.45) is 0 Å². The van der Waals surface area contributed by atoms with Crippen molar-refractivity contribution in [2.45, 2.75) is 38.5 Å². The lowest BCUT2D eigenvalue weighted by Crippen LogP contribution is -2.13. The molecule has 0 radical (unpaired) electrons. The molecule has 0 spiro atoms. The Bertz CT molecular complexity index is 1100. The maximum Gasteiger partial charge on any atom is 0.337 e. The van der Waals surface area contributed by atoms with E-state index in [0.29, 0.717) is 18.7 Å². The van der Waals surface area contributed by atoms with Gasteiger partial charge in [0.25, 0.3) is 0 Å². The summed E-state index contributed by atoms with van der Waals surface area (Å²) < 4.78 is 5.82. The molecule has 7 heteroatoms. The number of aromatic carboxylic acids is 1. The lowest BCUT2D eigenvalue weighted by Gasteiger charge is -2.10. The van der Waals surface area contributed by atoms with Crippen LogP contribution in [0.4, 0.5) is 5.69 Å². The third-order valence-corrected chi connectivity index (χ3v) is 6.13. The molecule has 34 heavy (non-hydrogen) atoms. The first-order chi connectivity index (χ1) is 16.4. The van der Waals surface area contributed by atoms with Crippen molar-refractivity contribution in [3.8, 4) is 5.75 Å².